The predicted molar refractivity (Wildman–Crippen MR) is 82.2 cm³/mol. The van der Waals surface area contributed by atoms with Crippen molar-refractivity contribution in [2.45, 2.75) is 6.92 Å². The van der Waals surface area contributed by atoms with Crippen LogP contribution >= 0.6 is 15.9 Å². The average Bonchev–Trinajstić information content (AvgIpc) is 2.49. The molecule has 0 amide bonds. The van der Waals surface area contributed by atoms with Gasteiger partial charge in [-0.25, -0.2) is 4.79 Å². The van der Waals surface area contributed by atoms with E-state index in [1.165, 1.54) is 37.3 Å². The minimum absolute atomic E-state index is 0.0664. The first kappa shape index (κ1) is 15.8. The summed E-state index contributed by atoms with van der Waals surface area (Å²) in [4.78, 5) is 33.4. The van der Waals surface area contributed by atoms with Crippen LogP contribution in [0.15, 0.2) is 46.9 Å². The van der Waals surface area contributed by atoms with Gasteiger partial charge in [0.05, 0.1) is 15.0 Å². The molecule has 0 aliphatic heterocycles. The van der Waals surface area contributed by atoms with E-state index >= 15 is 0 Å². The van der Waals surface area contributed by atoms with E-state index in [1.54, 1.807) is 6.07 Å². The monoisotopic (exact) mass is 363 g/mol. The van der Waals surface area contributed by atoms with Crippen molar-refractivity contribution in [3.8, 4) is 5.75 Å². The van der Waals surface area contributed by atoms with Crippen LogP contribution in [-0.4, -0.2) is 16.7 Å². The number of ketones is 1. The number of carbonyl (C=O) groups is 2. The van der Waals surface area contributed by atoms with Gasteiger partial charge in [-0.2, -0.15) is 0 Å². The summed E-state index contributed by atoms with van der Waals surface area (Å²) in [6.45, 7) is 1.43. The number of esters is 1. The summed E-state index contributed by atoms with van der Waals surface area (Å²) in [7, 11) is 0. The van der Waals surface area contributed by atoms with Crippen molar-refractivity contribution in [1.29, 1.82) is 0 Å². The topological polar surface area (TPSA) is 86.5 Å². The highest BCUT2D eigenvalue weighted by molar-refractivity contribution is 9.10. The molecule has 2 aromatic carbocycles. The van der Waals surface area contributed by atoms with Crippen LogP contribution in [0.3, 0.4) is 0 Å². The van der Waals surface area contributed by atoms with Crippen LogP contribution in [0, 0.1) is 10.1 Å². The molecule has 2 aromatic rings. The molecule has 2 rings (SSSR count). The van der Waals surface area contributed by atoms with Crippen molar-refractivity contribution in [2.24, 2.45) is 0 Å². The highest BCUT2D eigenvalue weighted by Crippen LogP contribution is 2.27. The minimum Gasteiger partial charge on any atom is -0.422 e. The SMILES string of the molecule is CC(=O)c1ccc(OC(=O)c2cccc([N+](=O)[O-])c2)c(Br)c1. The molecule has 112 valence electrons. The predicted octanol–water partition coefficient (Wildman–Crippen LogP) is 3.78. The number of nitrogens with zero attached hydrogens (tertiary/aromatic N) is 1. The van der Waals surface area contributed by atoms with Gasteiger partial charge in [0.15, 0.2) is 5.78 Å². The smallest absolute Gasteiger partial charge is 0.343 e. The zero-order valence-electron chi connectivity index (χ0n) is 11.4. The number of non-ortho nitro benzene ring substituents is 1. The number of nitro benzene ring substituents is 1. The lowest BCUT2D eigenvalue weighted by Crippen LogP contribution is -2.09. The molecule has 0 spiro atoms. The van der Waals surface area contributed by atoms with Crippen LogP contribution in [0.25, 0.3) is 0 Å². The Balaban J connectivity index is 2.24. The second-order valence-electron chi connectivity index (χ2n) is 4.40. The molecule has 0 aromatic heterocycles. The molecule has 0 heterocycles. The zero-order valence-corrected chi connectivity index (χ0v) is 13.0. The number of ether oxygens (including phenoxy) is 1. The number of halogens is 1. The molecule has 0 aliphatic carbocycles. The van der Waals surface area contributed by atoms with Gasteiger partial charge in [0.25, 0.3) is 5.69 Å². The Morgan fingerprint density at radius 1 is 1.14 bits per heavy atom. The molecule has 0 atom stereocenters. The first-order valence-electron chi connectivity index (χ1n) is 6.15. The number of Topliss-reactive ketones (excluding diaryl/α,β-unsaturated/α-hetero) is 1. The third kappa shape index (κ3) is 3.56. The summed E-state index contributed by atoms with van der Waals surface area (Å²) in [6, 6.07) is 9.81. The van der Waals surface area contributed by atoms with Gasteiger partial charge in [-0.05, 0) is 47.1 Å². The Bertz CT molecular complexity index is 772. The summed E-state index contributed by atoms with van der Waals surface area (Å²) >= 11 is 3.22. The third-order valence-electron chi connectivity index (χ3n) is 2.83. The summed E-state index contributed by atoms with van der Waals surface area (Å²) in [5, 5.41) is 10.7. The lowest BCUT2D eigenvalue weighted by Gasteiger charge is -2.07. The second kappa shape index (κ2) is 6.48. The maximum atomic E-state index is 12.0. The van der Waals surface area contributed by atoms with Gasteiger partial charge < -0.3 is 4.74 Å². The second-order valence-corrected chi connectivity index (χ2v) is 5.25. The van der Waals surface area contributed by atoms with Gasteiger partial charge in [-0.3, -0.25) is 14.9 Å². The van der Waals surface area contributed by atoms with Gasteiger partial charge in [0.2, 0.25) is 0 Å². The van der Waals surface area contributed by atoms with Gasteiger partial charge in [0, 0.05) is 17.7 Å². The van der Waals surface area contributed by atoms with Gasteiger partial charge in [0.1, 0.15) is 5.75 Å². The van der Waals surface area contributed by atoms with E-state index in [-0.39, 0.29) is 22.8 Å². The summed E-state index contributed by atoms with van der Waals surface area (Å²) in [5.74, 6) is -0.612. The molecule has 0 bridgehead atoms. The maximum absolute atomic E-state index is 12.0. The fourth-order valence-electron chi connectivity index (χ4n) is 1.71. The van der Waals surface area contributed by atoms with E-state index in [2.05, 4.69) is 15.9 Å². The Morgan fingerprint density at radius 3 is 2.45 bits per heavy atom. The van der Waals surface area contributed by atoms with Crippen LogP contribution in [-0.2, 0) is 0 Å². The van der Waals surface area contributed by atoms with Gasteiger partial charge >= 0.3 is 5.97 Å². The fraction of sp³-hybridized carbons (Fsp3) is 0.0667. The average molecular weight is 364 g/mol. The summed E-state index contributed by atoms with van der Waals surface area (Å²) in [6.07, 6.45) is 0. The number of rotatable bonds is 4. The van der Waals surface area contributed by atoms with Crippen molar-refractivity contribution >= 4 is 33.4 Å². The molecule has 7 heteroatoms. The van der Waals surface area contributed by atoms with Crippen molar-refractivity contribution in [1.82, 2.24) is 0 Å². The molecule has 0 radical (unpaired) electrons. The fourth-order valence-corrected chi connectivity index (χ4v) is 2.17. The van der Waals surface area contributed by atoms with Crippen LogP contribution in [0.4, 0.5) is 5.69 Å². The normalized spacial score (nSPS) is 10.1. The standard InChI is InChI=1S/C15H10BrNO5/c1-9(18)10-5-6-14(13(16)8-10)22-15(19)11-3-2-4-12(7-11)17(20)21/h2-8H,1H3. The highest BCUT2D eigenvalue weighted by Gasteiger charge is 2.15. The summed E-state index contributed by atoms with van der Waals surface area (Å²) < 4.78 is 5.62. The minimum atomic E-state index is -0.722. The lowest BCUT2D eigenvalue weighted by atomic mass is 10.1. The van der Waals surface area contributed by atoms with Crippen molar-refractivity contribution in [3.05, 3.63) is 68.2 Å². The van der Waals surface area contributed by atoms with E-state index in [1.807, 2.05) is 0 Å². The molecule has 0 saturated carbocycles. The Hall–Kier alpha value is -2.54. The van der Waals surface area contributed by atoms with E-state index in [0.29, 0.717) is 10.0 Å². The maximum Gasteiger partial charge on any atom is 0.343 e. The molecule has 0 saturated heterocycles. The summed E-state index contributed by atoms with van der Waals surface area (Å²) in [5.41, 5.74) is 0.346. The molecule has 0 fully saturated rings. The Kier molecular flexibility index (Phi) is 4.67. The van der Waals surface area contributed by atoms with E-state index in [0.717, 1.165) is 6.07 Å². The van der Waals surface area contributed by atoms with Crippen LogP contribution in [0.5, 0.6) is 5.75 Å². The lowest BCUT2D eigenvalue weighted by molar-refractivity contribution is -0.384. The van der Waals surface area contributed by atoms with E-state index in [9.17, 15) is 19.7 Å². The van der Waals surface area contributed by atoms with Crippen LogP contribution in [0.1, 0.15) is 27.6 Å². The number of benzene rings is 2. The van der Waals surface area contributed by atoms with E-state index < -0.39 is 10.9 Å². The molecular formula is C15H10BrNO5. The van der Waals surface area contributed by atoms with Gasteiger partial charge in [-0.1, -0.05) is 6.07 Å². The number of carbonyl (C=O) groups excluding carboxylic acids is 2. The molecule has 22 heavy (non-hydrogen) atoms. The number of nitro groups is 1. The third-order valence-corrected chi connectivity index (χ3v) is 3.45. The molecule has 0 N–H and O–H groups in total. The van der Waals surface area contributed by atoms with E-state index in [4.69, 9.17) is 4.74 Å². The molecular weight excluding hydrogens is 354 g/mol. The number of hydrogen-bond donors (Lipinski definition) is 0. The van der Waals surface area contributed by atoms with Crippen LogP contribution in [0.2, 0.25) is 0 Å². The Labute approximate surface area is 134 Å². The van der Waals surface area contributed by atoms with Crippen molar-refractivity contribution < 1.29 is 19.2 Å². The van der Waals surface area contributed by atoms with Gasteiger partial charge in [-0.15, -0.1) is 0 Å². The number of hydrogen-bond acceptors (Lipinski definition) is 5. The van der Waals surface area contributed by atoms with Crippen LogP contribution < -0.4 is 4.74 Å². The zero-order chi connectivity index (χ0) is 16.3. The van der Waals surface area contributed by atoms with Crippen molar-refractivity contribution in [3.63, 3.8) is 0 Å². The first-order valence-corrected chi connectivity index (χ1v) is 6.95. The molecule has 0 aliphatic rings. The van der Waals surface area contributed by atoms with Crippen molar-refractivity contribution in [2.75, 3.05) is 0 Å². The molecule has 0 unspecified atom stereocenters. The highest BCUT2D eigenvalue weighted by atomic mass is 79.9. The molecule has 6 nitrogen and oxygen atoms in total. The quantitative estimate of drug-likeness (QED) is 0.271. The Morgan fingerprint density at radius 2 is 1.86 bits per heavy atom. The largest absolute Gasteiger partial charge is 0.422 e. The first-order chi connectivity index (χ1) is 10.4.